The van der Waals surface area contributed by atoms with Gasteiger partial charge in [-0.25, -0.2) is 0 Å². The van der Waals surface area contributed by atoms with E-state index in [9.17, 15) is 0 Å². The van der Waals surface area contributed by atoms with Gasteiger partial charge in [-0.3, -0.25) is 5.43 Å². The van der Waals surface area contributed by atoms with Gasteiger partial charge in [0.15, 0.2) is 0 Å². The van der Waals surface area contributed by atoms with Gasteiger partial charge in [0.05, 0.1) is 15.7 Å². The van der Waals surface area contributed by atoms with Crippen molar-refractivity contribution in [3.05, 3.63) is 99.0 Å². The molecule has 1 aliphatic rings. The van der Waals surface area contributed by atoms with Crippen LogP contribution in [0.25, 0.3) is 0 Å². The van der Waals surface area contributed by atoms with Crippen molar-refractivity contribution in [3.8, 4) is 0 Å². The third kappa shape index (κ3) is 3.15. The molecule has 0 amide bonds. The van der Waals surface area contributed by atoms with Gasteiger partial charge in [0.1, 0.15) is 0 Å². The number of nitrogens with zero attached hydrogens (tertiary/aromatic N) is 1. The van der Waals surface area contributed by atoms with Crippen molar-refractivity contribution in [3.63, 3.8) is 0 Å². The van der Waals surface area contributed by atoms with Crippen LogP contribution in [0.3, 0.4) is 0 Å². The smallest absolute Gasteiger partial charge is 0.0934 e. The highest BCUT2D eigenvalue weighted by molar-refractivity contribution is 6.39. The van der Waals surface area contributed by atoms with Gasteiger partial charge in [-0.1, -0.05) is 77.8 Å². The van der Waals surface area contributed by atoms with Crippen LogP contribution in [0.1, 0.15) is 28.2 Å². The molecule has 4 rings (SSSR count). The fourth-order valence-electron chi connectivity index (χ4n) is 3.31. The van der Waals surface area contributed by atoms with Gasteiger partial charge >= 0.3 is 0 Å². The first-order chi connectivity index (χ1) is 12.2. The first kappa shape index (κ1) is 16.2. The number of nitrogens with one attached hydrogen (secondary N) is 1. The van der Waals surface area contributed by atoms with E-state index in [0.717, 1.165) is 6.42 Å². The lowest BCUT2D eigenvalue weighted by Crippen LogP contribution is -2.15. The maximum absolute atomic E-state index is 6.19. The molecule has 0 spiro atoms. The Hall–Kier alpha value is -2.29. The Morgan fingerprint density at radius 3 is 1.96 bits per heavy atom. The second-order valence-corrected chi connectivity index (χ2v) is 6.85. The highest BCUT2D eigenvalue weighted by Gasteiger charge is 2.23. The molecule has 0 fully saturated rings. The van der Waals surface area contributed by atoms with Crippen molar-refractivity contribution in [1.82, 2.24) is 0 Å². The molecular weight excluding hydrogens is 351 g/mol. The number of anilines is 1. The lowest BCUT2D eigenvalue weighted by Gasteiger charge is -2.25. The van der Waals surface area contributed by atoms with Crippen LogP contribution in [0.4, 0.5) is 5.69 Å². The van der Waals surface area contributed by atoms with E-state index >= 15 is 0 Å². The molecule has 1 aliphatic carbocycles. The summed E-state index contributed by atoms with van der Waals surface area (Å²) in [4.78, 5) is 0. The van der Waals surface area contributed by atoms with Crippen LogP contribution in [-0.2, 0) is 6.42 Å². The minimum Gasteiger partial charge on any atom is -0.276 e. The molecular formula is C21H16Cl2N2. The van der Waals surface area contributed by atoms with Crippen molar-refractivity contribution in [2.75, 3.05) is 5.43 Å². The van der Waals surface area contributed by atoms with E-state index in [4.69, 9.17) is 23.2 Å². The molecule has 0 atom stereocenters. The summed E-state index contributed by atoms with van der Waals surface area (Å²) in [5.41, 5.74) is 8.88. The number of hydrogen-bond donors (Lipinski definition) is 1. The number of rotatable bonds is 3. The zero-order valence-electron chi connectivity index (χ0n) is 13.4. The molecule has 4 heteroatoms. The Labute approximate surface area is 157 Å². The molecule has 0 heterocycles. The highest BCUT2D eigenvalue weighted by atomic mass is 35.5. The van der Waals surface area contributed by atoms with Crippen molar-refractivity contribution >= 4 is 35.1 Å². The van der Waals surface area contributed by atoms with Crippen molar-refractivity contribution in [2.24, 2.45) is 5.10 Å². The van der Waals surface area contributed by atoms with Gasteiger partial charge in [0, 0.05) is 12.1 Å². The van der Waals surface area contributed by atoms with Crippen LogP contribution in [0.15, 0.2) is 71.8 Å². The molecule has 0 saturated carbocycles. The molecule has 0 radical (unpaired) electrons. The Bertz CT molecular complexity index is 884. The van der Waals surface area contributed by atoms with E-state index in [1.165, 1.54) is 22.3 Å². The summed E-state index contributed by atoms with van der Waals surface area (Å²) in [6.07, 6.45) is 2.89. The molecule has 0 unspecified atom stereocenters. The van der Waals surface area contributed by atoms with Gasteiger partial charge < -0.3 is 0 Å². The molecule has 1 N–H and O–H groups in total. The Balaban J connectivity index is 1.68. The van der Waals surface area contributed by atoms with Gasteiger partial charge in [-0.05, 0) is 40.8 Å². The highest BCUT2D eigenvalue weighted by Crippen LogP contribution is 2.35. The largest absolute Gasteiger partial charge is 0.276 e. The summed E-state index contributed by atoms with van der Waals surface area (Å²) in [6.45, 7) is 0. The van der Waals surface area contributed by atoms with Crippen molar-refractivity contribution in [2.45, 2.75) is 12.3 Å². The summed E-state index contributed by atoms with van der Waals surface area (Å²) < 4.78 is 0. The van der Waals surface area contributed by atoms with Gasteiger partial charge in [0.25, 0.3) is 0 Å². The molecule has 124 valence electrons. The summed E-state index contributed by atoms with van der Waals surface area (Å²) >= 11 is 12.4. The maximum atomic E-state index is 6.19. The molecule has 0 aromatic heterocycles. The molecule has 0 bridgehead atoms. The second-order valence-electron chi connectivity index (χ2n) is 6.04. The predicted molar refractivity (Wildman–Crippen MR) is 106 cm³/mol. The first-order valence-electron chi connectivity index (χ1n) is 8.13. The van der Waals surface area contributed by atoms with Crippen molar-refractivity contribution in [1.29, 1.82) is 0 Å². The Morgan fingerprint density at radius 1 is 0.800 bits per heavy atom. The van der Waals surface area contributed by atoms with Crippen LogP contribution < -0.4 is 5.43 Å². The quantitative estimate of drug-likeness (QED) is 0.437. The summed E-state index contributed by atoms with van der Waals surface area (Å²) in [6, 6.07) is 22.4. The topological polar surface area (TPSA) is 24.4 Å². The number of benzene rings is 3. The van der Waals surface area contributed by atoms with Gasteiger partial charge in [0.2, 0.25) is 0 Å². The summed E-state index contributed by atoms with van der Waals surface area (Å²) in [5, 5.41) is 5.54. The molecule has 0 aliphatic heterocycles. The van der Waals surface area contributed by atoms with Crippen LogP contribution >= 0.6 is 23.2 Å². The number of hydrogen-bond acceptors (Lipinski definition) is 2. The van der Waals surface area contributed by atoms with Crippen LogP contribution in [0, 0.1) is 0 Å². The fraction of sp³-hybridized carbons (Fsp3) is 0.0952. The molecule has 2 nitrogen and oxygen atoms in total. The molecule has 25 heavy (non-hydrogen) atoms. The predicted octanol–water partition coefficient (Wildman–Crippen LogP) is 6.13. The first-order valence-corrected chi connectivity index (χ1v) is 8.88. The van der Waals surface area contributed by atoms with Gasteiger partial charge in [-0.15, -0.1) is 0 Å². The van der Waals surface area contributed by atoms with Crippen LogP contribution in [-0.4, -0.2) is 6.21 Å². The molecule has 0 saturated heterocycles. The number of hydrazone groups is 1. The number of halogens is 2. The SMILES string of the molecule is Clc1cccc(Cl)c1N/N=C\C1c2ccccc2Cc2ccccc21. The zero-order chi connectivity index (χ0) is 17.2. The zero-order valence-corrected chi connectivity index (χ0v) is 14.9. The minimum absolute atomic E-state index is 0.106. The van der Waals surface area contributed by atoms with E-state index in [1.54, 1.807) is 12.1 Å². The molecule has 3 aromatic rings. The summed E-state index contributed by atoms with van der Waals surface area (Å²) in [5.74, 6) is 0.106. The number of fused-ring (bicyclic) bond motifs is 2. The van der Waals surface area contributed by atoms with E-state index < -0.39 is 0 Å². The average Bonchev–Trinajstić information content (AvgIpc) is 2.63. The lowest BCUT2D eigenvalue weighted by molar-refractivity contribution is 0.954. The minimum atomic E-state index is 0.106. The fourth-order valence-corrected chi connectivity index (χ4v) is 3.79. The standard InChI is InChI=1S/C21H16Cl2N2/c22-19-10-5-11-20(23)21(19)25-24-13-18-16-8-3-1-6-14(16)12-15-7-2-4-9-17(15)18/h1-11,13,18,25H,12H2/b24-13-. The van der Waals surface area contributed by atoms with E-state index in [1.807, 2.05) is 12.3 Å². The number of para-hydroxylation sites is 1. The maximum Gasteiger partial charge on any atom is 0.0934 e. The van der Waals surface area contributed by atoms with Crippen LogP contribution in [0.2, 0.25) is 10.0 Å². The van der Waals surface area contributed by atoms with Crippen molar-refractivity contribution < 1.29 is 0 Å². The van der Waals surface area contributed by atoms with Crippen LogP contribution in [0.5, 0.6) is 0 Å². The van der Waals surface area contributed by atoms with Gasteiger partial charge in [-0.2, -0.15) is 5.10 Å². The lowest BCUT2D eigenvalue weighted by atomic mass is 9.79. The third-order valence-electron chi connectivity index (χ3n) is 4.52. The monoisotopic (exact) mass is 366 g/mol. The molecule has 3 aromatic carbocycles. The van der Waals surface area contributed by atoms with E-state index in [-0.39, 0.29) is 5.92 Å². The Morgan fingerprint density at radius 2 is 1.36 bits per heavy atom. The van der Waals surface area contributed by atoms with E-state index in [0.29, 0.717) is 15.7 Å². The second kappa shape index (κ2) is 6.91. The average molecular weight is 367 g/mol. The normalized spacial score (nSPS) is 13.5. The van der Waals surface area contributed by atoms with E-state index in [2.05, 4.69) is 59.1 Å². The third-order valence-corrected chi connectivity index (χ3v) is 5.15. The summed E-state index contributed by atoms with van der Waals surface area (Å²) in [7, 11) is 0. The Kier molecular flexibility index (Phi) is 4.48.